The van der Waals surface area contributed by atoms with Gasteiger partial charge >= 0.3 is 6.18 Å². The number of rotatable bonds is 5. The van der Waals surface area contributed by atoms with E-state index in [4.69, 9.17) is 11.6 Å². The number of nitrogens with zero attached hydrogens (tertiary/aromatic N) is 1. The van der Waals surface area contributed by atoms with Crippen molar-refractivity contribution in [2.45, 2.75) is 20.0 Å². The van der Waals surface area contributed by atoms with Crippen molar-refractivity contribution < 1.29 is 18.0 Å². The lowest BCUT2D eigenvalue weighted by atomic mass is 10.2. The fourth-order valence-electron chi connectivity index (χ4n) is 1.64. The molecule has 0 bridgehead atoms. The Morgan fingerprint density at radius 1 is 1.29 bits per heavy atom. The predicted molar refractivity (Wildman–Crippen MR) is 80.1 cm³/mol. The van der Waals surface area contributed by atoms with E-state index in [1.807, 2.05) is 18.7 Å². The van der Waals surface area contributed by atoms with Gasteiger partial charge in [0.2, 0.25) is 5.91 Å². The second-order valence-corrected chi connectivity index (χ2v) is 4.61. The second kappa shape index (κ2) is 8.46. The summed E-state index contributed by atoms with van der Waals surface area (Å²) in [7, 11) is 0. The summed E-state index contributed by atoms with van der Waals surface area (Å²) in [5.41, 5.74) is -0.876. The third-order valence-corrected chi connectivity index (χ3v) is 3.16. The summed E-state index contributed by atoms with van der Waals surface area (Å²) in [6.45, 7) is 5.27. The summed E-state index contributed by atoms with van der Waals surface area (Å²) in [5, 5.41) is 2.48. The Hall–Kier alpha value is -0.980. The van der Waals surface area contributed by atoms with Crippen molar-refractivity contribution in [2.75, 3.05) is 25.0 Å². The molecule has 0 unspecified atom stereocenters. The maximum Gasteiger partial charge on any atom is 0.416 e. The van der Waals surface area contributed by atoms with Crippen LogP contribution in [0.15, 0.2) is 18.2 Å². The zero-order valence-electron chi connectivity index (χ0n) is 11.6. The maximum absolute atomic E-state index is 12.6. The first-order valence-electron chi connectivity index (χ1n) is 6.16. The molecule has 0 saturated carbocycles. The molecule has 8 heteroatoms. The summed E-state index contributed by atoms with van der Waals surface area (Å²) in [5.74, 6) is -0.394. The van der Waals surface area contributed by atoms with E-state index in [0.717, 1.165) is 18.2 Å². The third-order valence-electron chi connectivity index (χ3n) is 2.83. The lowest BCUT2D eigenvalue weighted by Gasteiger charge is -2.18. The van der Waals surface area contributed by atoms with Crippen LogP contribution >= 0.6 is 24.0 Å². The van der Waals surface area contributed by atoms with Crippen LogP contribution in [0.1, 0.15) is 19.4 Å². The molecule has 1 aromatic rings. The van der Waals surface area contributed by atoms with Gasteiger partial charge in [-0.15, -0.1) is 12.4 Å². The Bertz CT molecular complexity index is 477. The number of nitrogens with one attached hydrogen (secondary N) is 1. The predicted octanol–water partition coefficient (Wildman–Crippen LogP) is 4.06. The zero-order chi connectivity index (χ0) is 15.3. The molecule has 3 nitrogen and oxygen atoms in total. The van der Waals surface area contributed by atoms with Crippen molar-refractivity contribution in [2.24, 2.45) is 0 Å². The highest BCUT2D eigenvalue weighted by molar-refractivity contribution is 6.33. The molecule has 1 aromatic carbocycles. The van der Waals surface area contributed by atoms with Crippen molar-refractivity contribution >= 4 is 35.6 Å². The maximum atomic E-state index is 12.6. The summed E-state index contributed by atoms with van der Waals surface area (Å²) < 4.78 is 37.8. The number of alkyl halides is 3. The first-order valence-corrected chi connectivity index (χ1v) is 6.54. The average molecular weight is 345 g/mol. The topological polar surface area (TPSA) is 32.3 Å². The molecule has 0 fully saturated rings. The van der Waals surface area contributed by atoms with E-state index in [-0.39, 0.29) is 29.7 Å². The number of amides is 1. The fourth-order valence-corrected chi connectivity index (χ4v) is 1.80. The number of likely N-dealkylation sites (N-methyl/N-ethyl adjacent to an activating group) is 1. The molecule has 120 valence electrons. The fraction of sp³-hybridized carbons (Fsp3) is 0.462. The molecule has 1 N–H and O–H groups in total. The van der Waals surface area contributed by atoms with Gasteiger partial charge in [0.15, 0.2) is 0 Å². The van der Waals surface area contributed by atoms with E-state index in [1.54, 1.807) is 0 Å². The number of hydrogen-bond donors (Lipinski definition) is 1. The van der Waals surface area contributed by atoms with Gasteiger partial charge in [-0.05, 0) is 31.3 Å². The third kappa shape index (κ3) is 6.11. The van der Waals surface area contributed by atoms with Crippen molar-refractivity contribution in [1.29, 1.82) is 0 Å². The van der Waals surface area contributed by atoms with Gasteiger partial charge in [-0.1, -0.05) is 25.4 Å². The first kappa shape index (κ1) is 20.0. The van der Waals surface area contributed by atoms with E-state index in [0.29, 0.717) is 13.1 Å². The highest BCUT2D eigenvalue weighted by atomic mass is 35.5. The SMILES string of the molecule is CCN(CC)CC(=O)Nc1cc(C(F)(F)F)ccc1Cl.Cl. The summed E-state index contributed by atoms with van der Waals surface area (Å²) in [4.78, 5) is 13.6. The second-order valence-electron chi connectivity index (χ2n) is 4.20. The van der Waals surface area contributed by atoms with Crippen LogP contribution in [0.4, 0.5) is 18.9 Å². The number of anilines is 1. The summed E-state index contributed by atoms with van der Waals surface area (Å²) in [6.07, 6.45) is -4.47. The molecule has 0 saturated heterocycles. The standard InChI is InChI=1S/C13H16ClF3N2O.ClH/c1-3-19(4-2)8-12(20)18-11-7-9(13(15,16)17)5-6-10(11)14;/h5-7H,3-4,8H2,1-2H3,(H,18,20);1H. The van der Waals surface area contributed by atoms with Crippen molar-refractivity contribution in [3.63, 3.8) is 0 Å². The van der Waals surface area contributed by atoms with Gasteiger partial charge < -0.3 is 5.32 Å². The molecule has 0 spiro atoms. The molecule has 0 atom stereocenters. The van der Waals surface area contributed by atoms with E-state index in [2.05, 4.69) is 5.32 Å². The molecule has 0 heterocycles. The Balaban J connectivity index is 0.00000400. The Morgan fingerprint density at radius 2 is 1.86 bits per heavy atom. The van der Waals surface area contributed by atoms with Crippen LogP contribution < -0.4 is 5.32 Å². The van der Waals surface area contributed by atoms with Gasteiger partial charge in [-0.25, -0.2) is 0 Å². The highest BCUT2D eigenvalue weighted by Crippen LogP contribution is 2.33. The minimum Gasteiger partial charge on any atom is -0.324 e. The summed E-state index contributed by atoms with van der Waals surface area (Å²) in [6, 6.07) is 2.84. The van der Waals surface area contributed by atoms with Crippen LogP contribution in [0, 0.1) is 0 Å². The number of carbonyl (C=O) groups excluding carboxylic acids is 1. The minimum absolute atomic E-state index is 0. The van der Waals surface area contributed by atoms with Crippen LogP contribution in [0.3, 0.4) is 0 Å². The van der Waals surface area contributed by atoms with Crippen LogP contribution in [0.2, 0.25) is 5.02 Å². The zero-order valence-corrected chi connectivity index (χ0v) is 13.2. The quantitative estimate of drug-likeness (QED) is 0.873. The van der Waals surface area contributed by atoms with Crippen LogP contribution in [-0.2, 0) is 11.0 Å². The molecule has 0 aliphatic heterocycles. The molecule has 0 aliphatic carbocycles. The van der Waals surface area contributed by atoms with Crippen LogP contribution in [-0.4, -0.2) is 30.4 Å². The van der Waals surface area contributed by atoms with Crippen molar-refractivity contribution in [3.05, 3.63) is 28.8 Å². The Morgan fingerprint density at radius 3 is 2.33 bits per heavy atom. The molecule has 0 radical (unpaired) electrons. The highest BCUT2D eigenvalue weighted by Gasteiger charge is 2.31. The molecule has 0 aliphatic rings. The number of hydrogen-bond acceptors (Lipinski definition) is 2. The van der Waals surface area contributed by atoms with Gasteiger partial charge in [0.1, 0.15) is 0 Å². The number of benzene rings is 1. The van der Waals surface area contributed by atoms with Crippen LogP contribution in [0.5, 0.6) is 0 Å². The Labute approximate surface area is 132 Å². The van der Waals surface area contributed by atoms with E-state index in [9.17, 15) is 18.0 Å². The number of carbonyl (C=O) groups is 1. The van der Waals surface area contributed by atoms with Gasteiger partial charge in [-0.2, -0.15) is 13.2 Å². The molecule has 0 aromatic heterocycles. The lowest BCUT2D eigenvalue weighted by molar-refractivity contribution is -0.137. The van der Waals surface area contributed by atoms with Gasteiger partial charge in [0.05, 0.1) is 22.8 Å². The number of halogens is 5. The largest absolute Gasteiger partial charge is 0.416 e. The van der Waals surface area contributed by atoms with E-state index < -0.39 is 17.6 Å². The van der Waals surface area contributed by atoms with Crippen LogP contribution in [0.25, 0.3) is 0 Å². The van der Waals surface area contributed by atoms with Crippen molar-refractivity contribution in [1.82, 2.24) is 4.90 Å². The molecule has 21 heavy (non-hydrogen) atoms. The normalized spacial score (nSPS) is 11.2. The summed E-state index contributed by atoms with van der Waals surface area (Å²) >= 11 is 5.80. The molecule has 1 rings (SSSR count). The van der Waals surface area contributed by atoms with Gasteiger partial charge in [0.25, 0.3) is 0 Å². The first-order chi connectivity index (χ1) is 9.27. The van der Waals surface area contributed by atoms with E-state index in [1.165, 1.54) is 0 Å². The molecular weight excluding hydrogens is 328 g/mol. The lowest BCUT2D eigenvalue weighted by Crippen LogP contribution is -2.33. The Kier molecular flexibility index (Phi) is 8.06. The van der Waals surface area contributed by atoms with E-state index >= 15 is 0 Å². The average Bonchev–Trinajstić information content (AvgIpc) is 2.37. The molecule has 1 amide bonds. The van der Waals surface area contributed by atoms with Gasteiger partial charge in [0, 0.05) is 0 Å². The minimum atomic E-state index is -4.47. The van der Waals surface area contributed by atoms with Crippen molar-refractivity contribution in [3.8, 4) is 0 Å². The molecular formula is C13H17Cl2F3N2O. The van der Waals surface area contributed by atoms with Gasteiger partial charge in [-0.3, -0.25) is 9.69 Å². The smallest absolute Gasteiger partial charge is 0.324 e. The monoisotopic (exact) mass is 344 g/mol.